The first-order valence-corrected chi connectivity index (χ1v) is 5.16. The molecule has 0 aliphatic carbocycles. The zero-order valence-electron chi connectivity index (χ0n) is 10.1. The zero-order valence-corrected chi connectivity index (χ0v) is 10.1. The first kappa shape index (κ1) is 13.4. The summed E-state index contributed by atoms with van der Waals surface area (Å²) in [6, 6.07) is 0.268. The molecule has 17 heavy (non-hydrogen) atoms. The maximum Gasteiger partial charge on any atom is 0.324 e. The van der Waals surface area contributed by atoms with E-state index in [0.29, 0.717) is 13.2 Å². The number of nitrogen functional groups attached to an aromatic ring is 1. The van der Waals surface area contributed by atoms with E-state index < -0.39 is 0 Å². The van der Waals surface area contributed by atoms with Crippen LogP contribution in [0.15, 0.2) is 0 Å². The lowest BCUT2D eigenvalue weighted by Gasteiger charge is -2.09. The monoisotopic (exact) mass is 243 g/mol. The molecule has 0 atom stereocenters. The highest BCUT2D eigenvalue weighted by atomic mass is 16.5. The smallest absolute Gasteiger partial charge is 0.324 e. The average Bonchev–Trinajstić information content (AvgIpc) is 2.34. The topological polar surface area (TPSA) is 104 Å². The molecule has 8 nitrogen and oxygen atoms in total. The van der Waals surface area contributed by atoms with E-state index in [-0.39, 0.29) is 24.1 Å². The molecule has 1 aromatic heterocycles. The van der Waals surface area contributed by atoms with E-state index in [9.17, 15) is 0 Å². The number of hydrogen-bond donors (Lipinski definition) is 2. The molecule has 0 radical (unpaired) electrons. The van der Waals surface area contributed by atoms with E-state index in [2.05, 4.69) is 20.4 Å². The van der Waals surface area contributed by atoms with Crippen molar-refractivity contribution in [1.29, 1.82) is 0 Å². The summed E-state index contributed by atoms with van der Waals surface area (Å²) in [6.45, 7) is 4.69. The molecular formula is C9H17N5O3. The summed E-state index contributed by atoms with van der Waals surface area (Å²) in [5.41, 5.74) is 2.30. The highest BCUT2D eigenvalue weighted by molar-refractivity contribution is 5.25. The van der Waals surface area contributed by atoms with E-state index in [1.54, 1.807) is 0 Å². The summed E-state index contributed by atoms with van der Waals surface area (Å²) >= 11 is 0. The van der Waals surface area contributed by atoms with Crippen molar-refractivity contribution in [3.8, 4) is 12.0 Å². The van der Waals surface area contributed by atoms with Gasteiger partial charge in [-0.1, -0.05) is 0 Å². The SMILES string of the molecule is COc1nc(NN)nc(OCCOC(C)C)n1. The number of nitrogens with zero attached hydrogens (tertiary/aromatic N) is 3. The molecule has 0 saturated carbocycles. The molecule has 96 valence electrons. The van der Waals surface area contributed by atoms with Crippen LogP contribution in [-0.2, 0) is 4.74 Å². The van der Waals surface area contributed by atoms with Crippen LogP contribution in [-0.4, -0.2) is 41.4 Å². The summed E-state index contributed by atoms with van der Waals surface area (Å²) in [7, 11) is 1.45. The molecule has 0 unspecified atom stereocenters. The van der Waals surface area contributed by atoms with Crippen molar-refractivity contribution in [3.05, 3.63) is 0 Å². The van der Waals surface area contributed by atoms with Crippen LogP contribution < -0.4 is 20.7 Å². The Hall–Kier alpha value is -1.67. The molecule has 1 aromatic rings. The number of methoxy groups -OCH3 is 1. The van der Waals surface area contributed by atoms with Crippen molar-refractivity contribution >= 4 is 5.95 Å². The molecule has 0 bridgehead atoms. The van der Waals surface area contributed by atoms with Gasteiger partial charge in [-0.2, -0.15) is 9.97 Å². The lowest BCUT2D eigenvalue weighted by molar-refractivity contribution is 0.0529. The summed E-state index contributed by atoms with van der Waals surface area (Å²) in [5, 5.41) is 0. The molecule has 0 aromatic carbocycles. The van der Waals surface area contributed by atoms with E-state index in [1.807, 2.05) is 13.8 Å². The Morgan fingerprint density at radius 1 is 1.18 bits per heavy atom. The maximum atomic E-state index is 5.31. The number of rotatable bonds is 7. The van der Waals surface area contributed by atoms with Crippen LogP contribution in [0.1, 0.15) is 13.8 Å². The van der Waals surface area contributed by atoms with Crippen LogP contribution in [0.2, 0.25) is 0 Å². The van der Waals surface area contributed by atoms with Gasteiger partial charge in [0.15, 0.2) is 0 Å². The van der Waals surface area contributed by atoms with Gasteiger partial charge >= 0.3 is 12.0 Å². The Labute approximate surface area is 99.5 Å². The van der Waals surface area contributed by atoms with Crippen LogP contribution >= 0.6 is 0 Å². The van der Waals surface area contributed by atoms with Gasteiger partial charge in [0.2, 0.25) is 5.95 Å². The summed E-state index contributed by atoms with van der Waals surface area (Å²) in [5.74, 6) is 5.38. The standard InChI is InChI=1S/C9H17N5O3/c1-6(2)16-4-5-17-9-12-7(14-10)11-8(13-9)15-3/h6H,4-5,10H2,1-3H3,(H,11,12,13,14). The van der Waals surface area contributed by atoms with Crippen molar-refractivity contribution in [2.24, 2.45) is 5.84 Å². The third-order valence-electron chi connectivity index (χ3n) is 1.67. The third-order valence-corrected chi connectivity index (χ3v) is 1.67. The van der Waals surface area contributed by atoms with Gasteiger partial charge in [-0.05, 0) is 13.8 Å². The number of hydrazine groups is 1. The van der Waals surface area contributed by atoms with Crippen molar-refractivity contribution in [2.75, 3.05) is 25.7 Å². The molecule has 1 heterocycles. The molecule has 0 aliphatic heterocycles. The number of nitrogens with two attached hydrogens (primary N) is 1. The van der Waals surface area contributed by atoms with Crippen LogP contribution in [0.3, 0.4) is 0 Å². The van der Waals surface area contributed by atoms with Gasteiger partial charge in [-0.15, -0.1) is 4.98 Å². The minimum atomic E-state index is 0.132. The summed E-state index contributed by atoms with van der Waals surface area (Å²) in [4.78, 5) is 11.6. The summed E-state index contributed by atoms with van der Waals surface area (Å²) < 4.78 is 15.5. The molecule has 0 aliphatic rings. The number of hydrogen-bond acceptors (Lipinski definition) is 8. The first-order valence-electron chi connectivity index (χ1n) is 5.16. The lowest BCUT2D eigenvalue weighted by Crippen LogP contribution is -2.15. The highest BCUT2D eigenvalue weighted by Gasteiger charge is 2.06. The predicted octanol–water partition coefficient (Wildman–Crippen LogP) is -0.0304. The van der Waals surface area contributed by atoms with E-state index in [0.717, 1.165) is 0 Å². The number of aromatic nitrogens is 3. The Balaban J connectivity index is 2.51. The Morgan fingerprint density at radius 3 is 2.47 bits per heavy atom. The Kier molecular flexibility index (Phi) is 5.37. The van der Waals surface area contributed by atoms with E-state index >= 15 is 0 Å². The van der Waals surface area contributed by atoms with Crippen LogP contribution in [0.5, 0.6) is 12.0 Å². The normalized spacial score (nSPS) is 10.4. The van der Waals surface area contributed by atoms with Crippen molar-refractivity contribution in [3.63, 3.8) is 0 Å². The maximum absolute atomic E-state index is 5.31. The molecule has 0 spiro atoms. The molecule has 8 heteroatoms. The van der Waals surface area contributed by atoms with Gasteiger partial charge in [0.25, 0.3) is 0 Å². The van der Waals surface area contributed by atoms with Crippen molar-refractivity contribution in [2.45, 2.75) is 20.0 Å². The fourth-order valence-electron chi connectivity index (χ4n) is 0.975. The van der Waals surface area contributed by atoms with Gasteiger partial charge in [-0.3, -0.25) is 5.43 Å². The van der Waals surface area contributed by atoms with Crippen LogP contribution in [0, 0.1) is 0 Å². The third kappa shape index (κ3) is 4.79. The molecule has 0 amide bonds. The first-order chi connectivity index (χ1) is 8.15. The van der Waals surface area contributed by atoms with Gasteiger partial charge in [0, 0.05) is 0 Å². The molecule has 0 saturated heterocycles. The Morgan fingerprint density at radius 2 is 1.88 bits per heavy atom. The number of anilines is 1. The van der Waals surface area contributed by atoms with Crippen LogP contribution in [0.25, 0.3) is 0 Å². The molecule has 0 fully saturated rings. The zero-order chi connectivity index (χ0) is 12.7. The van der Waals surface area contributed by atoms with Gasteiger partial charge in [0.1, 0.15) is 6.61 Å². The van der Waals surface area contributed by atoms with Crippen molar-refractivity contribution < 1.29 is 14.2 Å². The quantitative estimate of drug-likeness (QED) is 0.391. The Bertz CT molecular complexity index is 325. The minimum absolute atomic E-state index is 0.132. The lowest BCUT2D eigenvalue weighted by atomic mass is 10.5. The van der Waals surface area contributed by atoms with Gasteiger partial charge < -0.3 is 14.2 Å². The number of ether oxygens (including phenoxy) is 3. The number of nitrogens with one attached hydrogen (secondary N) is 1. The van der Waals surface area contributed by atoms with E-state index in [1.165, 1.54) is 7.11 Å². The molecule has 3 N–H and O–H groups in total. The average molecular weight is 243 g/mol. The van der Waals surface area contributed by atoms with E-state index in [4.69, 9.17) is 20.1 Å². The highest BCUT2D eigenvalue weighted by Crippen LogP contribution is 2.11. The molecule has 1 rings (SSSR count). The van der Waals surface area contributed by atoms with Crippen LogP contribution in [0.4, 0.5) is 5.95 Å². The van der Waals surface area contributed by atoms with Crippen molar-refractivity contribution in [1.82, 2.24) is 15.0 Å². The fourth-order valence-corrected chi connectivity index (χ4v) is 0.975. The molecular weight excluding hydrogens is 226 g/mol. The predicted molar refractivity (Wildman–Crippen MR) is 60.8 cm³/mol. The largest absolute Gasteiger partial charge is 0.467 e. The van der Waals surface area contributed by atoms with Gasteiger partial charge in [0.05, 0.1) is 19.8 Å². The van der Waals surface area contributed by atoms with Gasteiger partial charge in [-0.25, -0.2) is 5.84 Å². The fraction of sp³-hybridized carbons (Fsp3) is 0.667. The second-order valence-corrected chi connectivity index (χ2v) is 3.34. The second-order valence-electron chi connectivity index (χ2n) is 3.34. The summed E-state index contributed by atoms with van der Waals surface area (Å²) in [6.07, 6.45) is 0.160. The second kappa shape index (κ2) is 6.81. The minimum Gasteiger partial charge on any atom is -0.467 e.